The molecule has 0 unspecified atom stereocenters. The summed E-state index contributed by atoms with van der Waals surface area (Å²) in [4.78, 5) is 0. The summed E-state index contributed by atoms with van der Waals surface area (Å²) in [6.07, 6.45) is 12.6. The first kappa shape index (κ1) is 15.6. The zero-order valence-corrected chi connectivity index (χ0v) is 12.2. The number of aromatic nitrogens is 1. The Morgan fingerprint density at radius 1 is 1.06 bits per heavy atom. The van der Waals surface area contributed by atoms with Gasteiger partial charge in [0.1, 0.15) is 6.54 Å². The van der Waals surface area contributed by atoms with E-state index >= 15 is 0 Å². The van der Waals surface area contributed by atoms with Gasteiger partial charge in [-0.15, -0.1) is 0 Å². The lowest BCUT2D eigenvalue weighted by molar-refractivity contribution is -0.697. The van der Waals surface area contributed by atoms with Crippen molar-refractivity contribution in [1.29, 1.82) is 0 Å². The van der Waals surface area contributed by atoms with Gasteiger partial charge < -0.3 is 17.0 Å². The van der Waals surface area contributed by atoms with Crippen LogP contribution in [0.4, 0.5) is 0 Å². The second kappa shape index (κ2) is 9.83. The maximum Gasteiger partial charge on any atom is 0.171 e. The first-order valence-corrected chi connectivity index (χ1v) is 6.28. The molecule has 1 nitrogen and oxygen atoms in total. The molecule has 2 heteroatoms. The molecule has 0 radical (unpaired) electrons. The first-order valence-electron chi connectivity index (χ1n) is 6.28. The van der Waals surface area contributed by atoms with Gasteiger partial charge in [-0.3, -0.25) is 0 Å². The molecule has 0 bridgehead atoms. The summed E-state index contributed by atoms with van der Waals surface area (Å²) >= 11 is 0. The number of hydrogen-bond donors (Lipinski definition) is 0. The molecular formula is C14H24BrN. The van der Waals surface area contributed by atoms with Gasteiger partial charge in [0.25, 0.3) is 0 Å². The average Bonchev–Trinajstić information content (AvgIpc) is 2.23. The summed E-state index contributed by atoms with van der Waals surface area (Å²) in [6, 6.07) is 4.28. The molecule has 16 heavy (non-hydrogen) atoms. The van der Waals surface area contributed by atoms with E-state index in [4.69, 9.17) is 0 Å². The Morgan fingerprint density at radius 2 is 1.75 bits per heavy atom. The van der Waals surface area contributed by atoms with Crippen LogP contribution in [-0.2, 0) is 6.54 Å². The highest BCUT2D eigenvalue weighted by atomic mass is 79.9. The van der Waals surface area contributed by atoms with Crippen molar-refractivity contribution in [2.45, 2.75) is 58.9 Å². The Bertz CT molecular complexity index is 273. The van der Waals surface area contributed by atoms with E-state index in [2.05, 4.69) is 42.9 Å². The minimum atomic E-state index is 0. The standard InChI is InChI=1S/C14H24N.BrH/c1-3-4-5-6-7-8-11-15-12-9-10-14(2)13-15;/h9-10,12-13H,3-8,11H2,1-2H3;1H/q+1;/p-1. The number of nitrogens with zero attached hydrogens (tertiary/aromatic N) is 1. The third-order valence-corrected chi connectivity index (χ3v) is 2.78. The van der Waals surface area contributed by atoms with E-state index in [1.54, 1.807) is 0 Å². The van der Waals surface area contributed by atoms with Gasteiger partial charge in [0.2, 0.25) is 0 Å². The topological polar surface area (TPSA) is 3.88 Å². The molecule has 92 valence electrons. The number of pyridine rings is 1. The summed E-state index contributed by atoms with van der Waals surface area (Å²) in [5.74, 6) is 0. The fraction of sp³-hybridized carbons (Fsp3) is 0.643. The smallest absolute Gasteiger partial charge is 0.171 e. The van der Waals surface area contributed by atoms with Crippen molar-refractivity contribution >= 4 is 0 Å². The molecule has 0 spiro atoms. The van der Waals surface area contributed by atoms with Crippen molar-refractivity contribution in [2.24, 2.45) is 0 Å². The lowest BCUT2D eigenvalue weighted by Crippen LogP contribution is -3.00. The molecule has 0 aliphatic heterocycles. The van der Waals surface area contributed by atoms with Crippen molar-refractivity contribution in [2.75, 3.05) is 0 Å². The number of unbranched alkanes of at least 4 members (excludes halogenated alkanes) is 5. The molecule has 0 fully saturated rings. The Morgan fingerprint density at radius 3 is 2.44 bits per heavy atom. The Balaban J connectivity index is 0.00000225. The average molecular weight is 286 g/mol. The van der Waals surface area contributed by atoms with E-state index in [1.165, 1.54) is 50.6 Å². The normalized spacial score (nSPS) is 9.88. The molecule has 1 aromatic rings. The predicted molar refractivity (Wildman–Crippen MR) is 64.8 cm³/mol. The molecule has 0 saturated carbocycles. The Hall–Kier alpha value is -0.370. The van der Waals surface area contributed by atoms with E-state index in [0.29, 0.717) is 0 Å². The van der Waals surface area contributed by atoms with E-state index in [0.717, 1.165) is 0 Å². The lowest BCUT2D eigenvalue weighted by Gasteiger charge is -1.99. The largest absolute Gasteiger partial charge is 1.00 e. The van der Waals surface area contributed by atoms with Crippen molar-refractivity contribution in [3.8, 4) is 0 Å². The molecule has 0 aliphatic carbocycles. The van der Waals surface area contributed by atoms with Gasteiger partial charge in [-0.1, -0.05) is 32.6 Å². The number of halogens is 1. The van der Waals surface area contributed by atoms with Gasteiger partial charge in [0, 0.05) is 18.1 Å². The number of hydrogen-bond acceptors (Lipinski definition) is 0. The maximum atomic E-state index is 2.30. The molecule has 0 aromatic carbocycles. The van der Waals surface area contributed by atoms with Crippen LogP contribution in [0, 0.1) is 6.92 Å². The van der Waals surface area contributed by atoms with Crippen molar-refractivity contribution in [3.05, 3.63) is 30.1 Å². The lowest BCUT2D eigenvalue weighted by atomic mass is 10.1. The monoisotopic (exact) mass is 285 g/mol. The van der Waals surface area contributed by atoms with Crippen molar-refractivity contribution in [1.82, 2.24) is 0 Å². The van der Waals surface area contributed by atoms with Gasteiger partial charge in [-0.05, 0) is 19.4 Å². The van der Waals surface area contributed by atoms with Gasteiger partial charge >= 0.3 is 0 Å². The summed E-state index contributed by atoms with van der Waals surface area (Å²) in [7, 11) is 0. The highest BCUT2D eigenvalue weighted by molar-refractivity contribution is 5.01. The SMILES string of the molecule is CCCCCCCC[n+]1cccc(C)c1.[Br-]. The summed E-state index contributed by atoms with van der Waals surface area (Å²) in [5, 5.41) is 0. The molecule has 1 aromatic heterocycles. The Labute approximate surface area is 111 Å². The van der Waals surface area contributed by atoms with Crippen molar-refractivity contribution < 1.29 is 21.5 Å². The molecular weight excluding hydrogens is 262 g/mol. The molecule has 0 amide bonds. The summed E-state index contributed by atoms with van der Waals surface area (Å²) in [5.41, 5.74) is 1.35. The second-order valence-corrected chi connectivity index (χ2v) is 4.39. The fourth-order valence-electron chi connectivity index (χ4n) is 1.87. The fourth-order valence-corrected chi connectivity index (χ4v) is 1.87. The third kappa shape index (κ3) is 7.00. The van der Waals surface area contributed by atoms with Gasteiger partial charge in [-0.25, -0.2) is 4.57 Å². The third-order valence-electron chi connectivity index (χ3n) is 2.78. The summed E-state index contributed by atoms with van der Waals surface area (Å²) < 4.78 is 2.30. The second-order valence-electron chi connectivity index (χ2n) is 4.39. The van der Waals surface area contributed by atoms with Gasteiger partial charge in [0.15, 0.2) is 12.4 Å². The van der Waals surface area contributed by atoms with Gasteiger partial charge in [-0.2, -0.15) is 0 Å². The minimum Gasteiger partial charge on any atom is -1.00 e. The zero-order valence-electron chi connectivity index (χ0n) is 10.6. The molecule has 0 atom stereocenters. The van der Waals surface area contributed by atoms with Crippen LogP contribution in [0.1, 0.15) is 51.0 Å². The number of rotatable bonds is 7. The molecule has 0 N–H and O–H groups in total. The first-order chi connectivity index (χ1) is 7.33. The molecule has 1 heterocycles. The Kier molecular flexibility index (Phi) is 9.60. The van der Waals surface area contributed by atoms with Crippen LogP contribution in [0.15, 0.2) is 24.5 Å². The van der Waals surface area contributed by atoms with E-state index in [-0.39, 0.29) is 17.0 Å². The highest BCUT2D eigenvalue weighted by Crippen LogP contribution is 2.04. The summed E-state index contributed by atoms with van der Waals surface area (Å²) in [6.45, 7) is 5.59. The molecule has 0 saturated heterocycles. The van der Waals surface area contributed by atoms with Crippen LogP contribution >= 0.6 is 0 Å². The van der Waals surface area contributed by atoms with Crippen LogP contribution in [0.5, 0.6) is 0 Å². The van der Waals surface area contributed by atoms with Gasteiger partial charge in [0.05, 0.1) is 0 Å². The predicted octanol–water partition coefficient (Wildman–Crippen LogP) is 0.647. The van der Waals surface area contributed by atoms with E-state index < -0.39 is 0 Å². The van der Waals surface area contributed by atoms with E-state index in [9.17, 15) is 0 Å². The van der Waals surface area contributed by atoms with E-state index in [1.807, 2.05) is 0 Å². The van der Waals surface area contributed by atoms with Crippen LogP contribution < -0.4 is 21.5 Å². The minimum absolute atomic E-state index is 0. The van der Waals surface area contributed by atoms with Crippen molar-refractivity contribution in [3.63, 3.8) is 0 Å². The van der Waals surface area contributed by atoms with Crippen LogP contribution in [0.25, 0.3) is 0 Å². The molecule has 1 rings (SSSR count). The quantitative estimate of drug-likeness (QED) is 0.512. The highest BCUT2D eigenvalue weighted by Gasteiger charge is 1.99. The zero-order chi connectivity index (χ0) is 10.9. The van der Waals surface area contributed by atoms with Crippen LogP contribution in [-0.4, -0.2) is 0 Å². The maximum absolute atomic E-state index is 2.30. The van der Waals surface area contributed by atoms with Crippen LogP contribution in [0.3, 0.4) is 0 Å². The van der Waals surface area contributed by atoms with Crippen LogP contribution in [0.2, 0.25) is 0 Å². The number of aryl methyl sites for hydroxylation is 2. The molecule has 0 aliphatic rings.